The normalized spacial score (nSPS) is 38.2. The van der Waals surface area contributed by atoms with Gasteiger partial charge in [-0.2, -0.15) is 0 Å². The average molecular weight is 231 g/mol. The molecule has 0 aliphatic carbocycles. The van der Waals surface area contributed by atoms with Gasteiger partial charge in [-0.05, 0) is 0 Å². The maximum absolute atomic E-state index is 5.96. The third kappa shape index (κ3) is 2.26. The second-order valence-corrected chi connectivity index (χ2v) is 8.67. The molecule has 0 atom stereocenters. The zero-order chi connectivity index (χ0) is 10.9. The van der Waals surface area contributed by atoms with Crippen LogP contribution in [0.3, 0.4) is 0 Å². The van der Waals surface area contributed by atoms with Crippen molar-refractivity contribution in [2.75, 3.05) is 39.5 Å². The van der Waals surface area contributed by atoms with Crippen molar-refractivity contribution in [3.63, 3.8) is 0 Å². The van der Waals surface area contributed by atoms with Crippen LogP contribution >= 0.6 is 0 Å². The van der Waals surface area contributed by atoms with Crippen molar-refractivity contribution in [3.8, 4) is 0 Å². The van der Waals surface area contributed by atoms with Crippen molar-refractivity contribution in [2.45, 2.75) is 25.8 Å². The van der Waals surface area contributed by atoms with E-state index in [1.165, 1.54) is 0 Å². The number of rotatable bonds is 0. The fraction of sp³-hybridized carbons (Fsp3) is 1.00. The van der Waals surface area contributed by atoms with Crippen LogP contribution in [0, 0.1) is 0 Å². The molecule has 88 valence electrons. The standard InChI is InChI=1S/C10H21NO3Si/c1-10(2,3)15-12-7-4-11(5-8-13-15)6-9-14-15/h4-9H2,1-3H3. The number of nitrogens with zero attached hydrogens (tertiary/aromatic N) is 1. The topological polar surface area (TPSA) is 30.9 Å². The van der Waals surface area contributed by atoms with E-state index < -0.39 is 8.80 Å². The van der Waals surface area contributed by atoms with Crippen LogP contribution in [0.2, 0.25) is 5.04 Å². The van der Waals surface area contributed by atoms with E-state index in [9.17, 15) is 0 Å². The van der Waals surface area contributed by atoms with Gasteiger partial charge in [-0.15, -0.1) is 0 Å². The van der Waals surface area contributed by atoms with Crippen molar-refractivity contribution < 1.29 is 13.3 Å². The summed E-state index contributed by atoms with van der Waals surface area (Å²) in [5.41, 5.74) is 0. The monoisotopic (exact) mass is 231 g/mol. The Morgan fingerprint density at radius 1 is 0.867 bits per heavy atom. The van der Waals surface area contributed by atoms with Crippen molar-refractivity contribution in [3.05, 3.63) is 0 Å². The minimum absolute atomic E-state index is 0.0213. The number of hydrogen-bond donors (Lipinski definition) is 0. The van der Waals surface area contributed by atoms with Crippen LogP contribution < -0.4 is 0 Å². The third-order valence-electron chi connectivity index (χ3n) is 3.02. The Morgan fingerprint density at radius 3 is 1.60 bits per heavy atom. The maximum atomic E-state index is 5.96. The molecule has 0 amide bonds. The van der Waals surface area contributed by atoms with Gasteiger partial charge in [-0.3, -0.25) is 4.90 Å². The first-order valence-corrected chi connectivity index (χ1v) is 7.40. The largest absolute Gasteiger partial charge is 0.506 e. The second kappa shape index (κ2) is 4.14. The fourth-order valence-electron chi connectivity index (χ4n) is 2.04. The van der Waals surface area contributed by atoms with Gasteiger partial charge in [0.1, 0.15) is 0 Å². The Bertz CT molecular complexity index is 203. The molecule has 0 unspecified atom stereocenters. The van der Waals surface area contributed by atoms with Crippen LogP contribution in [0.4, 0.5) is 0 Å². The highest BCUT2D eigenvalue weighted by Gasteiger charge is 2.54. The summed E-state index contributed by atoms with van der Waals surface area (Å²) in [4.78, 5) is 2.33. The molecule has 4 nitrogen and oxygen atoms in total. The summed E-state index contributed by atoms with van der Waals surface area (Å²) in [6.07, 6.45) is 0. The lowest BCUT2D eigenvalue weighted by Gasteiger charge is -2.44. The van der Waals surface area contributed by atoms with E-state index in [0.717, 1.165) is 39.5 Å². The Labute approximate surface area is 92.9 Å². The first kappa shape index (κ1) is 11.5. The molecule has 5 heteroatoms. The summed E-state index contributed by atoms with van der Waals surface area (Å²) in [5.74, 6) is 0. The molecule has 15 heavy (non-hydrogen) atoms. The molecule has 3 saturated heterocycles. The van der Waals surface area contributed by atoms with E-state index in [1.54, 1.807) is 0 Å². The molecule has 3 fully saturated rings. The van der Waals surface area contributed by atoms with Gasteiger partial charge in [0.15, 0.2) is 0 Å². The summed E-state index contributed by atoms with van der Waals surface area (Å²) < 4.78 is 17.9. The molecule has 3 heterocycles. The van der Waals surface area contributed by atoms with Crippen LogP contribution in [0.5, 0.6) is 0 Å². The predicted molar refractivity (Wildman–Crippen MR) is 59.8 cm³/mol. The minimum Gasteiger partial charge on any atom is -0.372 e. The van der Waals surface area contributed by atoms with Crippen molar-refractivity contribution in [2.24, 2.45) is 0 Å². The molecule has 0 aromatic carbocycles. The third-order valence-corrected chi connectivity index (χ3v) is 6.61. The smallest absolute Gasteiger partial charge is 0.372 e. The van der Waals surface area contributed by atoms with Gasteiger partial charge in [0.25, 0.3) is 0 Å². The molecule has 3 aliphatic rings. The Morgan fingerprint density at radius 2 is 1.27 bits per heavy atom. The van der Waals surface area contributed by atoms with Crippen molar-refractivity contribution in [1.82, 2.24) is 4.90 Å². The second-order valence-electron chi connectivity index (χ2n) is 5.19. The number of hydrogen-bond acceptors (Lipinski definition) is 4. The highest BCUT2D eigenvalue weighted by atomic mass is 28.4. The lowest BCUT2D eigenvalue weighted by molar-refractivity contribution is -0.0212. The summed E-state index contributed by atoms with van der Waals surface area (Å²) in [5, 5.41) is -0.0213. The van der Waals surface area contributed by atoms with Crippen molar-refractivity contribution >= 4 is 8.80 Å². The van der Waals surface area contributed by atoms with Gasteiger partial charge in [-0.1, -0.05) is 20.8 Å². The lowest BCUT2D eigenvalue weighted by Crippen LogP contribution is -2.59. The summed E-state index contributed by atoms with van der Waals surface area (Å²) in [6.45, 7) is 11.7. The zero-order valence-corrected chi connectivity index (χ0v) is 10.9. The molecule has 3 rings (SSSR count). The van der Waals surface area contributed by atoms with Gasteiger partial charge >= 0.3 is 8.80 Å². The van der Waals surface area contributed by atoms with E-state index in [1.807, 2.05) is 0 Å². The highest BCUT2D eigenvalue weighted by molar-refractivity contribution is 6.64. The first-order chi connectivity index (χ1) is 7.04. The van der Waals surface area contributed by atoms with Gasteiger partial charge < -0.3 is 13.3 Å². The van der Waals surface area contributed by atoms with Crippen LogP contribution in [0.1, 0.15) is 20.8 Å². The van der Waals surface area contributed by atoms with E-state index in [0.29, 0.717) is 0 Å². The highest BCUT2D eigenvalue weighted by Crippen LogP contribution is 2.39. The molecule has 0 saturated carbocycles. The Hall–Kier alpha value is 0.0569. The molecule has 2 bridgehead atoms. The van der Waals surface area contributed by atoms with Crippen LogP contribution in [0.25, 0.3) is 0 Å². The minimum atomic E-state index is -2.46. The first-order valence-electron chi connectivity index (χ1n) is 5.68. The van der Waals surface area contributed by atoms with E-state index >= 15 is 0 Å². The number of fused-ring (bicyclic) bond motifs is 6. The van der Waals surface area contributed by atoms with Crippen molar-refractivity contribution in [1.29, 1.82) is 0 Å². The van der Waals surface area contributed by atoms with E-state index in [4.69, 9.17) is 13.3 Å². The molecular weight excluding hydrogens is 210 g/mol. The SMILES string of the molecule is CC(C)(C)[Si]12OCCN(CCO1)CCO2. The van der Waals surface area contributed by atoms with Crippen LogP contribution in [-0.4, -0.2) is 53.2 Å². The van der Waals surface area contributed by atoms with Crippen LogP contribution in [-0.2, 0) is 13.3 Å². The quantitative estimate of drug-likeness (QED) is 0.584. The van der Waals surface area contributed by atoms with Gasteiger partial charge in [0.05, 0.1) is 19.8 Å². The maximum Gasteiger partial charge on any atom is 0.506 e. The van der Waals surface area contributed by atoms with E-state index in [-0.39, 0.29) is 5.04 Å². The summed E-state index contributed by atoms with van der Waals surface area (Å²) in [7, 11) is -2.46. The predicted octanol–water partition coefficient (Wildman–Crippen LogP) is 1.10. The lowest BCUT2D eigenvalue weighted by atomic mass is 10.3. The van der Waals surface area contributed by atoms with E-state index in [2.05, 4.69) is 25.7 Å². The summed E-state index contributed by atoms with van der Waals surface area (Å²) in [6, 6.07) is 0. The van der Waals surface area contributed by atoms with Crippen LogP contribution in [0.15, 0.2) is 0 Å². The molecular formula is C10H21NO3Si. The Balaban J connectivity index is 2.19. The van der Waals surface area contributed by atoms with Gasteiger partial charge in [0.2, 0.25) is 0 Å². The molecule has 0 aromatic heterocycles. The Kier molecular flexibility index (Phi) is 3.19. The average Bonchev–Trinajstić information content (AvgIpc) is 1.96. The molecule has 0 N–H and O–H groups in total. The zero-order valence-electron chi connectivity index (χ0n) is 9.91. The molecule has 0 aromatic rings. The molecule has 0 spiro atoms. The molecule has 3 aliphatic heterocycles. The fourth-order valence-corrected chi connectivity index (χ4v) is 4.67. The molecule has 0 radical (unpaired) electrons. The van der Waals surface area contributed by atoms with Gasteiger partial charge in [-0.25, -0.2) is 0 Å². The summed E-state index contributed by atoms with van der Waals surface area (Å²) >= 11 is 0. The van der Waals surface area contributed by atoms with Gasteiger partial charge in [0, 0.05) is 24.7 Å².